The highest BCUT2D eigenvalue weighted by atomic mass is 79.9. The first kappa shape index (κ1) is 13.8. The number of anilines is 1. The number of pyridine rings is 1. The van der Waals surface area contributed by atoms with Crippen LogP contribution in [0.3, 0.4) is 0 Å². The highest BCUT2D eigenvalue weighted by molar-refractivity contribution is 9.10. The summed E-state index contributed by atoms with van der Waals surface area (Å²) in [5.74, 6) is 0. The summed E-state index contributed by atoms with van der Waals surface area (Å²) in [4.78, 5) is 15.6. The fraction of sp³-hybridized carbons (Fsp3) is 0.444. The van der Waals surface area contributed by atoms with E-state index in [-0.39, 0.29) is 32.0 Å². The van der Waals surface area contributed by atoms with Gasteiger partial charge in [-0.15, -0.1) is 0 Å². The highest BCUT2D eigenvalue weighted by Gasteiger charge is 2.22. The minimum atomic E-state index is -0.547. The second-order valence-corrected chi connectivity index (χ2v) is 4.03. The van der Waals surface area contributed by atoms with Crippen molar-refractivity contribution in [3.8, 4) is 0 Å². The number of nitrogens with zero attached hydrogens (tertiary/aromatic N) is 3. The first-order valence-corrected chi connectivity index (χ1v) is 5.65. The number of aliphatic hydroxyl groups is 2. The predicted molar refractivity (Wildman–Crippen MR) is 65.0 cm³/mol. The van der Waals surface area contributed by atoms with Crippen LogP contribution in [-0.4, -0.2) is 46.4 Å². The normalized spacial score (nSPS) is 10.3. The molecule has 94 valence electrons. The van der Waals surface area contributed by atoms with Crippen molar-refractivity contribution in [3.05, 3.63) is 27.0 Å². The second kappa shape index (κ2) is 6.48. The van der Waals surface area contributed by atoms with Crippen molar-refractivity contribution < 1.29 is 15.1 Å². The SMILES string of the molecule is O=[N+]([O-])c1cncc(Br)c1N(CCO)CCO. The lowest BCUT2D eigenvalue weighted by molar-refractivity contribution is -0.384. The van der Waals surface area contributed by atoms with Gasteiger partial charge in [-0.25, -0.2) is 0 Å². The average Bonchev–Trinajstić information content (AvgIpc) is 2.28. The van der Waals surface area contributed by atoms with Crippen LogP contribution in [0.1, 0.15) is 0 Å². The van der Waals surface area contributed by atoms with Crippen molar-refractivity contribution in [2.24, 2.45) is 0 Å². The number of aromatic nitrogens is 1. The quantitative estimate of drug-likeness (QED) is 0.588. The fourth-order valence-electron chi connectivity index (χ4n) is 1.44. The van der Waals surface area contributed by atoms with Crippen LogP contribution in [0.15, 0.2) is 16.9 Å². The first-order chi connectivity index (χ1) is 8.11. The van der Waals surface area contributed by atoms with Crippen LogP contribution in [0.25, 0.3) is 0 Å². The summed E-state index contributed by atoms with van der Waals surface area (Å²) < 4.78 is 0.452. The molecule has 0 atom stereocenters. The van der Waals surface area contributed by atoms with E-state index in [4.69, 9.17) is 10.2 Å². The summed E-state index contributed by atoms with van der Waals surface area (Å²) in [5.41, 5.74) is 0.148. The Morgan fingerprint density at radius 3 is 2.41 bits per heavy atom. The molecule has 0 amide bonds. The minimum absolute atomic E-state index is 0.161. The zero-order valence-corrected chi connectivity index (χ0v) is 10.5. The largest absolute Gasteiger partial charge is 0.395 e. The van der Waals surface area contributed by atoms with Gasteiger partial charge in [-0.1, -0.05) is 0 Å². The van der Waals surface area contributed by atoms with Crippen LogP contribution in [-0.2, 0) is 0 Å². The van der Waals surface area contributed by atoms with Crippen LogP contribution in [0.4, 0.5) is 11.4 Å². The minimum Gasteiger partial charge on any atom is -0.395 e. The molecule has 0 spiro atoms. The van der Waals surface area contributed by atoms with Crippen molar-refractivity contribution in [2.45, 2.75) is 0 Å². The van der Waals surface area contributed by atoms with Crippen molar-refractivity contribution in [2.75, 3.05) is 31.2 Å². The standard InChI is InChI=1S/C9H12BrN3O4/c10-7-5-11-6-8(13(16)17)9(7)12(1-3-14)2-4-15/h5-6,14-15H,1-4H2. The van der Waals surface area contributed by atoms with Gasteiger partial charge in [0.1, 0.15) is 11.9 Å². The molecular formula is C9H12BrN3O4. The van der Waals surface area contributed by atoms with E-state index in [1.54, 1.807) is 0 Å². The van der Waals surface area contributed by atoms with E-state index in [2.05, 4.69) is 20.9 Å². The van der Waals surface area contributed by atoms with Crippen LogP contribution < -0.4 is 4.90 Å². The maximum absolute atomic E-state index is 10.9. The molecule has 7 nitrogen and oxygen atoms in total. The third-order valence-corrected chi connectivity index (χ3v) is 2.69. The molecule has 1 heterocycles. The van der Waals surface area contributed by atoms with E-state index in [0.29, 0.717) is 10.2 Å². The van der Waals surface area contributed by atoms with E-state index in [0.717, 1.165) is 6.20 Å². The lowest BCUT2D eigenvalue weighted by atomic mass is 10.3. The van der Waals surface area contributed by atoms with Gasteiger partial charge < -0.3 is 15.1 Å². The zero-order chi connectivity index (χ0) is 12.8. The van der Waals surface area contributed by atoms with Crippen LogP contribution in [0.5, 0.6) is 0 Å². The highest BCUT2D eigenvalue weighted by Crippen LogP contribution is 2.34. The summed E-state index contributed by atoms with van der Waals surface area (Å²) in [6.45, 7) is 0.0753. The molecule has 0 radical (unpaired) electrons. The molecule has 0 aliphatic carbocycles. The molecule has 0 saturated carbocycles. The Hall–Kier alpha value is -1.25. The number of rotatable bonds is 6. The Bertz CT molecular complexity index is 396. The van der Waals surface area contributed by atoms with E-state index in [1.165, 1.54) is 11.1 Å². The topological polar surface area (TPSA) is 99.7 Å². The Kier molecular flexibility index (Phi) is 5.26. The van der Waals surface area contributed by atoms with Crippen molar-refractivity contribution in [1.82, 2.24) is 4.98 Å². The van der Waals surface area contributed by atoms with Gasteiger partial charge in [-0.05, 0) is 15.9 Å². The number of aliphatic hydroxyl groups excluding tert-OH is 2. The van der Waals surface area contributed by atoms with Gasteiger partial charge in [-0.3, -0.25) is 15.1 Å². The van der Waals surface area contributed by atoms with Crippen molar-refractivity contribution in [3.63, 3.8) is 0 Å². The summed E-state index contributed by atoms with van der Waals surface area (Å²) in [6, 6.07) is 0. The molecule has 1 aromatic rings. The van der Waals surface area contributed by atoms with E-state index >= 15 is 0 Å². The molecule has 0 unspecified atom stereocenters. The maximum atomic E-state index is 10.9. The Labute approximate surface area is 106 Å². The van der Waals surface area contributed by atoms with Gasteiger partial charge >= 0.3 is 5.69 Å². The van der Waals surface area contributed by atoms with E-state index < -0.39 is 4.92 Å². The van der Waals surface area contributed by atoms with Gasteiger partial charge in [-0.2, -0.15) is 0 Å². The smallest absolute Gasteiger partial charge is 0.311 e. The number of hydrogen-bond donors (Lipinski definition) is 2. The third-order valence-electron chi connectivity index (χ3n) is 2.11. The molecule has 0 aliphatic heterocycles. The molecule has 17 heavy (non-hydrogen) atoms. The first-order valence-electron chi connectivity index (χ1n) is 4.86. The van der Waals surface area contributed by atoms with E-state index in [9.17, 15) is 10.1 Å². The number of hydrogen-bond acceptors (Lipinski definition) is 6. The molecule has 0 saturated heterocycles. The molecule has 1 aromatic heterocycles. The molecule has 0 aliphatic rings. The predicted octanol–water partition coefficient (Wildman–Crippen LogP) is 0.543. The summed E-state index contributed by atoms with van der Waals surface area (Å²) in [6.07, 6.45) is 2.58. The molecule has 0 bridgehead atoms. The van der Waals surface area contributed by atoms with Crippen molar-refractivity contribution in [1.29, 1.82) is 0 Å². The van der Waals surface area contributed by atoms with Gasteiger partial charge in [0.25, 0.3) is 0 Å². The number of nitro groups is 1. The average molecular weight is 306 g/mol. The lowest BCUT2D eigenvalue weighted by Gasteiger charge is -2.23. The zero-order valence-electron chi connectivity index (χ0n) is 8.91. The summed E-state index contributed by atoms with van der Waals surface area (Å²) in [5, 5.41) is 28.7. The molecular weight excluding hydrogens is 294 g/mol. The van der Waals surface area contributed by atoms with Crippen LogP contribution in [0, 0.1) is 10.1 Å². The maximum Gasteiger partial charge on any atom is 0.311 e. The monoisotopic (exact) mass is 305 g/mol. The van der Waals surface area contributed by atoms with Crippen LogP contribution in [0.2, 0.25) is 0 Å². The lowest BCUT2D eigenvalue weighted by Crippen LogP contribution is -2.30. The molecule has 8 heteroatoms. The third kappa shape index (κ3) is 3.35. The van der Waals surface area contributed by atoms with Gasteiger partial charge in [0.05, 0.1) is 22.6 Å². The Morgan fingerprint density at radius 2 is 1.94 bits per heavy atom. The molecule has 0 fully saturated rings. The molecule has 2 N–H and O–H groups in total. The van der Waals surface area contributed by atoms with Gasteiger partial charge in [0, 0.05) is 19.3 Å². The van der Waals surface area contributed by atoms with Gasteiger partial charge in [0.15, 0.2) is 0 Å². The molecule has 1 rings (SSSR count). The van der Waals surface area contributed by atoms with Crippen LogP contribution >= 0.6 is 15.9 Å². The second-order valence-electron chi connectivity index (χ2n) is 3.18. The fourth-order valence-corrected chi connectivity index (χ4v) is 2.01. The summed E-state index contributed by atoms with van der Waals surface area (Å²) in [7, 11) is 0. The van der Waals surface area contributed by atoms with Gasteiger partial charge in [0.2, 0.25) is 0 Å². The van der Waals surface area contributed by atoms with Crippen molar-refractivity contribution >= 4 is 27.3 Å². The number of halogens is 1. The Morgan fingerprint density at radius 1 is 1.35 bits per heavy atom. The summed E-state index contributed by atoms with van der Waals surface area (Å²) >= 11 is 3.18. The molecule has 0 aromatic carbocycles. The Balaban J connectivity index is 3.19. The van der Waals surface area contributed by atoms with E-state index in [1.807, 2.05) is 0 Å².